The Bertz CT molecular complexity index is 749. The SMILES string of the molecule is Cc1c(C(C)NC(=O)CC2(O)CCCC2)cnn1-c1ccc(F)cc1. The van der Waals surface area contributed by atoms with Crippen molar-refractivity contribution < 1.29 is 14.3 Å². The van der Waals surface area contributed by atoms with Crippen LogP contribution in [0.3, 0.4) is 0 Å². The molecule has 1 amide bonds. The molecular formula is C19H24FN3O2. The van der Waals surface area contributed by atoms with Crippen molar-refractivity contribution in [3.05, 3.63) is 47.5 Å². The number of aromatic nitrogens is 2. The molecule has 1 unspecified atom stereocenters. The normalized spacial score (nSPS) is 17.4. The Morgan fingerprint density at radius 2 is 2.00 bits per heavy atom. The fraction of sp³-hybridized carbons (Fsp3) is 0.474. The van der Waals surface area contributed by atoms with Crippen LogP contribution in [0, 0.1) is 12.7 Å². The van der Waals surface area contributed by atoms with Crippen LogP contribution in [0.5, 0.6) is 0 Å². The lowest BCUT2D eigenvalue weighted by Crippen LogP contribution is -2.35. The monoisotopic (exact) mass is 345 g/mol. The van der Waals surface area contributed by atoms with Crippen molar-refractivity contribution in [3.63, 3.8) is 0 Å². The van der Waals surface area contributed by atoms with Crippen molar-refractivity contribution >= 4 is 5.91 Å². The summed E-state index contributed by atoms with van der Waals surface area (Å²) in [6, 6.07) is 5.90. The highest BCUT2D eigenvalue weighted by Gasteiger charge is 2.33. The fourth-order valence-corrected chi connectivity index (χ4v) is 3.57. The van der Waals surface area contributed by atoms with Gasteiger partial charge in [0.25, 0.3) is 0 Å². The number of halogens is 1. The topological polar surface area (TPSA) is 67.2 Å². The number of benzene rings is 1. The number of nitrogens with one attached hydrogen (secondary N) is 1. The first-order chi connectivity index (χ1) is 11.9. The minimum atomic E-state index is -0.850. The Kier molecular flexibility index (Phi) is 4.90. The van der Waals surface area contributed by atoms with Crippen LogP contribution in [0.2, 0.25) is 0 Å². The number of aliphatic hydroxyl groups is 1. The standard InChI is InChI=1S/C19H24FN3O2/c1-13(22-18(24)11-19(25)9-3-4-10-19)17-12-21-23(14(17)2)16-7-5-15(20)6-8-16/h5-8,12-13,25H,3-4,9-11H2,1-2H3,(H,22,24). The average molecular weight is 345 g/mol. The number of carbonyl (C=O) groups excluding carboxylic acids is 1. The van der Waals surface area contributed by atoms with Gasteiger partial charge in [-0.2, -0.15) is 5.10 Å². The van der Waals surface area contributed by atoms with E-state index >= 15 is 0 Å². The number of nitrogens with zero attached hydrogens (tertiary/aromatic N) is 2. The maximum absolute atomic E-state index is 13.1. The number of hydrogen-bond acceptors (Lipinski definition) is 3. The van der Waals surface area contributed by atoms with Gasteiger partial charge in [0.2, 0.25) is 5.91 Å². The van der Waals surface area contributed by atoms with Gasteiger partial charge in [0.1, 0.15) is 5.82 Å². The Labute approximate surface area is 146 Å². The quantitative estimate of drug-likeness (QED) is 0.874. The molecule has 1 atom stereocenters. The van der Waals surface area contributed by atoms with E-state index in [0.717, 1.165) is 29.8 Å². The maximum Gasteiger partial charge on any atom is 0.223 e. The summed E-state index contributed by atoms with van der Waals surface area (Å²) < 4.78 is 14.8. The third-order valence-electron chi connectivity index (χ3n) is 4.99. The molecule has 1 saturated carbocycles. The molecule has 2 aromatic rings. The summed E-state index contributed by atoms with van der Waals surface area (Å²) in [5.41, 5.74) is 1.70. The fourth-order valence-electron chi connectivity index (χ4n) is 3.57. The largest absolute Gasteiger partial charge is 0.389 e. The summed E-state index contributed by atoms with van der Waals surface area (Å²) in [6.07, 6.45) is 5.19. The lowest BCUT2D eigenvalue weighted by molar-refractivity contribution is -0.126. The lowest BCUT2D eigenvalue weighted by atomic mass is 9.97. The van der Waals surface area contributed by atoms with Crippen molar-refractivity contribution in [1.82, 2.24) is 15.1 Å². The van der Waals surface area contributed by atoms with Crippen LogP contribution in [0.25, 0.3) is 5.69 Å². The van der Waals surface area contributed by atoms with E-state index in [4.69, 9.17) is 0 Å². The van der Waals surface area contributed by atoms with Crippen molar-refractivity contribution in [3.8, 4) is 5.69 Å². The van der Waals surface area contributed by atoms with Crippen molar-refractivity contribution in [2.45, 2.75) is 57.6 Å². The molecule has 0 spiro atoms. The molecule has 3 rings (SSSR count). The summed E-state index contributed by atoms with van der Waals surface area (Å²) in [6.45, 7) is 3.81. The molecule has 1 fully saturated rings. The van der Waals surface area contributed by atoms with Gasteiger partial charge in [0.15, 0.2) is 0 Å². The lowest BCUT2D eigenvalue weighted by Gasteiger charge is -2.22. The van der Waals surface area contributed by atoms with Gasteiger partial charge in [-0.1, -0.05) is 12.8 Å². The molecule has 0 bridgehead atoms. The minimum Gasteiger partial charge on any atom is -0.389 e. The van der Waals surface area contributed by atoms with E-state index in [9.17, 15) is 14.3 Å². The van der Waals surface area contributed by atoms with E-state index in [-0.39, 0.29) is 24.2 Å². The molecule has 1 aliphatic rings. The van der Waals surface area contributed by atoms with E-state index in [1.54, 1.807) is 23.0 Å². The third kappa shape index (κ3) is 3.90. The number of amides is 1. The second-order valence-corrected chi connectivity index (χ2v) is 6.97. The van der Waals surface area contributed by atoms with Crippen LogP contribution >= 0.6 is 0 Å². The van der Waals surface area contributed by atoms with E-state index in [1.165, 1.54) is 12.1 Å². The van der Waals surface area contributed by atoms with Crippen LogP contribution in [-0.2, 0) is 4.79 Å². The number of hydrogen-bond donors (Lipinski definition) is 2. The molecule has 0 saturated heterocycles. The van der Waals surface area contributed by atoms with Gasteiger partial charge in [-0.25, -0.2) is 9.07 Å². The first-order valence-electron chi connectivity index (χ1n) is 8.70. The average Bonchev–Trinajstić information content (AvgIpc) is 3.14. The second kappa shape index (κ2) is 6.96. The zero-order valence-corrected chi connectivity index (χ0v) is 14.6. The molecule has 1 aliphatic carbocycles. The van der Waals surface area contributed by atoms with E-state index in [0.29, 0.717) is 12.8 Å². The molecule has 25 heavy (non-hydrogen) atoms. The predicted molar refractivity (Wildman–Crippen MR) is 92.9 cm³/mol. The number of rotatable bonds is 5. The highest BCUT2D eigenvalue weighted by atomic mass is 19.1. The molecule has 1 aromatic carbocycles. The molecule has 6 heteroatoms. The highest BCUT2D eigenvalue weighted by Crippen LogP contribution is 2.32. The smallest absolute Gasteiger partial charge is 0.223 e. The predicted octanol–water partition coefficient (Wildman–Crippen LogP) is 3.19. The molecule has 0 aliphatic heterocycles. The molecule has 1 aromatic heterocycles. The zero-order chi connectivity index (χ0) is 18.0. The van der Waals surface area contributed by atoms with E-state index in [1.807, 2.05) is 13.8 Å². The minimum absolute atomic E-state index is 0.141. The van der Waals surface area contributed by atoms with Gasteiger partial charge in [0, 0.05) is 11.3 Å². The van der Waals surface area contributed by atoms with Gasteiger partial charge < -0.3 is 10.4 Å². The first-order valence-corrected chi connectivity index (χ1v) is 8.70. The van der Waals surface area contributed by atoms with Gasteiger partial charge in [-0.3, -0.25) is 4.79 Å². The molecule has 134 valence electrons. The Hall–Kier alpha value is -2.21. The summed E-state index contributed by atoms with van der Waals surface area (Å²) in [7, 11) is 0. The molecule has 2 N–H and O–H groups in total. The van der Waals surface area contributed by atoms with E-state index in [2.05, 4.69) is 10.4 Å². The van der Waals surface area contributed by atoms with Crippen molar-refractivity contribution in [2.24, 2.45) is 0 Å². The summed E-state index contributed by atoms with van der Waals surface area (Å²) in [5.74, 6) is -0.440. The summed E-state index contributed by atoms with van der Waals surface area (Å²) in [5, 5.41) is 17.7. The van der Waals surface area contributed by atoms with Crippen LogP contribution in [0.15, 0.2) is 30.5 Å². The molecular weight excluding hydrogens is 321 g/mol. The Balaban J connectivity index is 1.69. The van der Waals surface area contributed by atoms with Crippen LogP contribution in [0.4, 0.5) is 4.39 Å². The van der Waals surface area contributed by atoms with Gasteiger partial charge in [-0.05, 0) is 51.0 Å². The zero-order valence-electron chi connectivity index (χ0n) is 14.6. The highest BCUT2D eigenvalue weighted by molar-refractivity contribution is 5.77. The van der Waals surface area contributed by atoms with E-state index < -0.39 is 5.60 Å². The van der Waals surface area contributed by atoms with Crippen LogP contribution < -0.4 is 5.32 Å². The van der Waals surface area contributed by atoms with Gasteiger partial charge in [0.05, 0.1) is 29.9 Å². The van der Waals surface area contributed by atoms with Crippen molar-refractivity contribution in [2.75, 3.05) is 0 Å². The Morgan fingerprint density at radius 1 is 1.36 bits per heavy atom. The number of carbonyl (C=O) groups is 1. The summed E-state index contributed by atoms with van der Waals surface area (Å²) in [4.78, 5) is 12.3. The Morgan fingerprint density at radius 3 is 2.64 bits per heavy atom. The summed E-state index contributed by atoms with van der Waals surface area (Å²) >= 11 is 0. The van der Waals surface area contributed by atoms with Gasteiger partial charge in [-0.15, -0.1) is 0 Å². The van der Waals surface area contributed by atoms with Crippen LogP contribution in [-0.4, -0.2) is 26.4 Å². The molecule has 0 radical (unpaired) electrons. The van der Waals surface area contributed by atoms with Crippen molar-refractivity contribution in [1.29, 1.82) is 0 Å². The first kappa shape index (κ1) is 17.6. The van der Waals surface area contributed by atoms with Crippen LogP contribution in [0.1, 0.15) is 56.3 Å². The maximum atomic E-state index is 13.1. The second-order valence-electron chi connectivity index (χ2n) is 6.97. The molecule has 5 nitrogen and oxygen atoms in total. The van der Waals surface area contributed by atoms with Gasteiger partial charge >= 0.3 is 0 Å². The third-order valence-corrected chi connectivity index (χ3v) is 4.99. The molecule has 1 heterocycles.